The van der Waals surface area contributed by atoms with Crippen molar-refractivity contribution in [3.63, 3.8) is 0 Å². The zero-order valence-electron chi connectivity index (χ0n) is 16.0. The first-order valence-electron chi connectivity index (χ1n) is 8.68. The number of Topliss-reactive ketones (excluding diaryl/α,β-unsaturated/α-hetero) is 1. The van der Waals surface area contributed by atoms with Crippen LogP contribution < -0.4 is 9.47 Å². The molecular formula is C21H24ClNO4. The van der Waals surface area contributed by atoms with E-state index in [2.05, 4.69) is 0 Å². The van der Waals surface area contributed by atoms with Gasteiger partial charge in [-0.1, -0.05) is 29.8 Å². The molecule has 0 aliphatic rings. The van der Waals surface area contributed by atoms with E-state index in [-0.39, 0.29) is 30.9 Å². The van der Waals surface area contributed by atoms with Gasteiger partial charge in [0.15, 0.2) is 11.5 Å². The second-order valence-corrected chi connectivity index (χ2v) is 6.88. The molecular weight excluding hydrogens is 366 g/mol. The Hall–Kier alpha value is -2.53. The van der Waals surface area contributed by atoms with Crippen LogP contribution in [0.4, 0.5) is 0 Å². The molecule has 0 heterocycles. The molecule has 1 amide bonds. The molecule has 0 aliphatic carbocycles. The van der Waals surface area contributed by atoms with E-state index in [1.54, 1.807) is 24.3 Å². The molecule has 6 heteroatoms. The van der Waals surface area contributed by atoms with Crippen molar-refractivity contribution < 1.29 is 19.1 Å². The molecule has 0 radical (unpaired) electrons. The first-order valence-corrected chi connectivity index (χ1v) is 9.06. The van der Waals surface area contributed by atoms with Crippen molar-refractivity contribution in [2.75, 3.05) is 13.7 Å². The summed E-state index contributed by atoms with van der Waals surface area (Å²) in [7, 11) is 1.52. The zero-order chi connectivity index (χ0) is 20.0. The number of hydrogen-bond acceptors (Lipinski definition) is 4. The second-order valence-electron chi connectivity index (χ2n) is 6.47. The molecule has 2 rings (SSSR count). The Bertz CT molecular complexity index is 820. The fourth-order valence-corrected chi connectivity index (χ4v) is 2.78. The van der Waals surface area contributed by atoms with Crippen molar-refractivity contribution in [1.82, 2.24) is 4.90 Å². The van der Waals surface area contributed by atoms with Crippen molar-refractivity contribution in [2.45, 2.75) is 33.4 Å². The van der Waals surface area contributed by atoms with Crippen LogP contribution in [0.25, 0.3) is 0 Å². The topological polar surface area (TPSA) is 55.8 Å². The summed E-state index contributed by atoms with van der Waals surface area (Å²) in [6.45, 7) is 5.57. The van der Waals surface area contributed by atoms with Crippen LogP contribution in [-0.2, 0) is 11.4 Å². The maximum absolute atomic E-state index is 12.8. The number of carbonyl (C=O) groups is 2. The molecule has 0 saturated carbocycles. The predicted molar refractivity (Wildman–Crippen MR) is 106 cm³/mol. The number of ketones is 1. The lowest BCUT2D eigenvalue weighted by Crippen LogP contribution is -2.40. The van der Waals surface area contributed by atoms with Crippen LogP contribution in [0, 0.1) is 0 Å². The average molecular weight is 390 g/mol. The molecule has 0 aliphatic heterocycles. The SMILES string of the molecule is COc1cc(C(=O)N(CC(C)=O)C(C)C)ccc1OCc1ccccc1Cl. The lowest BCUT2D eigenvalue weighted by molar-refractivity contribution is -0.118. The molecule has 0 saturated heterocycles. The predicted octanol–water partition coefficient (Wildman–Crippen LogP) is 4.37. The number of carbonyl (C=O) groups excluding carboxylic acids is 2. The van der Waals surface area contributed by atoms with E-state index in [1.165, 1.54) is 18.9 Å². The van der Waals surface area contributed by atoms with E-state index in [4.69, 9.17) is 21.1 Å². The molecule has 0 atom stereocenters. The summed E-state index contributed by atoms with van der Waals surface area (Å²) in [6, 6.07) is 12.3. The van der Waals surface area contributed by atoms with E-state index in [1.807, 2.05) is 32.0 Å². The molecule has 0 bridgehead atoms. The molecule has 0 aromatic heterocycles. The molecule has 0 fully saturated rings. The highest BCUT2D eigenvalue weighted by Gasteiger charge is 2.21. The molecule has 27 heavy (non-hydrogen) atoms. The maximum atomic E-state index is 12.8. The summed E-state index contributed by atoms with van der Waals surface area (Å²) in [4.78, 5) is 25.8. The Morgan fingerprint density at radius 3 is 2.41 bits per heavy atom. The normalized spacial score (nSPS) is 10.6. The largest absolute Gasteiger partial charge is 0.493 e. The van der Waals surface area contributed by atoms with Gasteiger partial charge in [-0.25, -0.2) is 0 Å². The number of rotatable bonds is 8. The van der Waals surface area contributed by atoms with Crippen molar-refractivity contribution >= 4 is 23.3 Å². The number of benzene rings is 2. The average Bonchev–Trinajstić information content (AvgIpc) is 2.64. The van der Waals surface area contributed by atoms with Gasteiger partial charge in [-0.3, -0.25) is 9.59 Å². The summed E-state index contributed by atoms with van der Waals surface area (Å²) >= 11 is 6.15. The van der Waals surface area contributed by atoms with Crippen molar-refractivity contribution in [1.29, 1.82) is 0 Å². The van der Waals surface area contributed by atoms with Gasteiger partial charge in [0, 0.05) is 22.2 Å². The Labute approximate surface area is 164 Å². The third-order valence-electron chi connectivity index (χ3n) is 4.03. The third-order valence-corrected chi connectivity index (χ3v) is 4.40. The van der Waals surface area contributed by atoms with Crippen molar-refractivity contribution in [2.24, 2.45) is 0 Å². The van der Waals surface area contributed by atoms with Crippen molar-refractivity contribution in [3.8, 4) is 11.5 Å². The lowest BCUT2D eigenvalue weighted by Gasteiger charge is -2.26. The number of methoxy groups -OCH3 is 1. The highest BCUT2D eigenvalue weighted by Crippen LogP contribution is 2.30. The zero-order valence-corrected chi connectivity index (χ0v) is 16.7. The van der Waals surface area contributed by atoms with Crippen LogP contribution >= 0.6 is 11.6 Å². The van der Waals surface area contributed by atoms with Gasteiger partial charge in [0.25, 0.3) is 5.91 Å². The van der Waals surface area contributed by atoms with Crippen LogP contribution in [0.5, 0.6) is 11.5 Å². The molecule has 0 spiro atoms. The minimum absolute atomic E-state index is 0.0660. The fourth-order valence-electron chi connectivity index (χ4n) is 2.59. The van der Waals surface area contributed by atoms with Crippen LogP contribution in [0.1, 0.15) is 36.7 Å². The Morgan fingerprint density at radius 1 is 1.11 bits per heavy atom. The summed E-state index contributed by atoms with van der Waals surface area (Å²) < 4.78 is 11.2. The van der Waals surface area contributed by atoms with Crippen molar-refractivity contribution in [3.05, 3.63) is 58.6 Å². The van der Waals surface area contributed by atoms with Gasteiger partial charge in [-0.05, 0) is 45.0 Å². The van der Waals surface area contributed by atoms with Gasteiger partial charge in [-0.2, -0.15) is 0 Å². The Balaban J connectivity index is 2.20. The molecule has 5 nitrogen and oxygen atoms in total. The summed E-state index contributed by atoms with van der Waals surface area (Å²) in [5, 5.41) is 0.625. The minimum atomic E-state index is -0.226. The molecule has 0 N–H and O–H groups in total. The summed E-state index contributed by atoms with van der Waals surface area (Å²) in [6.07, 6.45) is 0. The smallest absolute Gasteiger partial charge is 0.254 e. The number of halogens is 1. The van der Waals surface area contributed by atoms with E-state index < -0.39 is 0 Å². The van der Waals surface area contributed by atoms with E-state index in [0.29, 0.717) is 22.1 Å². The van der Waals surface area contributed by atoms with E-state index in [9.17, 15) is 9.59 Å². The Kier molecular flexibility index (Phi) is 7.25. The quantitative estimate of drug-likeness (QED) is 0.672. The fraction of sp³-hybridized carbons (Fsp3) is 0.333. The minimum Gasteiger partial charge on any atom is -0.493 e. The lowest BCUT2D eigenvalue weighted by atomic mass is 10.1. The van der Waals surface area contributed by atoms with Crippen LogP contribution in [0.2, 0.25) is 5.02 Å². The van der Waals surface area contributed by atoms with Gasteiger partial charge >= 0.3 is 0 Å². The summed E-state index contributed by atoms with van der Waals surface area (Å²) in [5.74, 6) is 0.663. The monoisotopic (exact) mass is 389 g/mol. The van der Waals surface area contributed by atoms with Gasteiger partial charge in [0.1, 0.15) is 12.4 Å². The first-order chi connectivity index (χ1) is 12.8. The number of ether oxygens (including phenoxy) is 2. The standard InChI is InChI=1S/C21H24ClNO4/c1-14(2)23(12-15(3)24)21(25)16-9-10-19(20(11-16)26-4)27-13-17-7-5-6-8-18(17)22/h5-11,14H,12-13H2,1-4H3. The molecule has 0 unspecified atom stereocenters. The van der Waals surface area contributed by atoms with E-state index >= 15 is 0 Å². The molecule has 144 valence electrons. The molecule has 2 aromatic carbocycles. The third kappa shape index (κ3) is 5.47. The van der Waals surface area contributed by atoms with Crippen LogP contribution in [0.3, 0.4) is 0 Å². The highest BCUT2D eigenvalue weighted by atomic mass is 35.5. The van der Waals surface area contributed by atoms with Gasteiger partial charge in [0.05, 0.1) is 13.7 Å². The molecule has 2 aromatic rings. The van der Waals surface area contributed by atoms with Crippen LogP contribution in [-0.4, -0.2) is 36.3 Å². The first kappa shape index (κ1) is 20.8. The van der Waals surface area contributed by atoms with Gasteiger partial charge < -0.3 is 14.4 Å². The Morgan fingerprint density at radius 2 is 1.81 bits per heavy atom. The maximum Gasteiger partial charge on any atom is 0.254 e. The second kappa shape index (κ2) is 9.42. The number of nitrogens with zero attached hydrogens (tertiary/aromatic N) is 1. The van der Waals surface area contributed by atoms with E-state index in [0.717, 1.165) is 5.56 Å². The summed E-state index contributed by atoms with van der Waals surface area (Å²) in [5.41, 5.74) is 1.29. The number of amides is 1. The van der Waals surface area contributed by atoms with Crippen LogP contribution in [0.15, 0.2) is 42.5 Å². The van der Waals surface area contributed by atoms with Gasteiger partial charge in [-0.15, -0.1) is 0 Å². The van der Waals surface area contributed by atoms with Gasteiger partial charge in [0.2, 0.25) is 0 Å². The highest BCUT2D eigenvalue weighted by molar-refractivity contribution is 6.31. The number of hydrogen-bond donors (Lipinski definition) is 0.